The van der Waals surface area contributed by atoms with E-state index in [-0.39, 0.29) is 17.3 Å². The molecule has 0 fully saturated rings. The summed E-state index contributed by atoms with van der Waals surface area (Å²) in [5.41, 5.74) is 15.9. The van der Waals surface area contributed by atoms with E-state index < -0.39 is 0 Å². The van der Waals surface area contributed by atoms with Gasteiger partial charge in [-0.3, -0.25) is 0 Å². The molecular formula is C63H69N. The van der Waals surface area contributed by atoms with Crippen molar-refractivity contribution in [3.05, 3.63) is 276 Å². The van der Waals surface area contributed by atoms with Gasteiger partial charge in [-0.25, -0.2) is 0 Å². The van der Waals surface area contributed by atoms with Crippen molar-refractivity contribution in [3.63, 3.8) is 0 Å². The molecule has 64 heavy (non-hydrogen) atoms. The highest BCUT2D eigenvalue weighted by Crippen LogP contribution is 2.51. The molecule has 0 heterocycles. The van der Waals surface area contributed by atoms with Crippen LogP contribution in [0.2, 0.25) is 0 Å². The number of allylic oxidation sites excluding steroid dienone is 30. The van der Waals surface area contributed by atoms with Crippen LogP contribution in [0.15, 0.2) is 259 Å². The van der Waals surface area contributed by atoms with Crippen molar-refractivity contribution >= 4 is 11.6 Å². The average Bonchev–Trinajstić information content (AvgIpc) is 3.56. The van der Waals surface area contributed by atoms with Crippen LogP contribution in [0.25, 0.3) is 11.6 Å². The molecule has 0 spiro atoms. The van der Waals surface area contributed by atoms with Gasteiger partial charge in [0, 0.05) is 28.9 Å². The first-order valence-corrected chi connectivity index (χ1v) is 23.4. The molecule has 0 bridgehead atoms. The minimum absolute atomic E-state index is 0.0958. The summed E-state index contributed by atoms with van der Waals surface area (Å²) < 4.78 is 0. The van der Waals surface area contributed by atoms with Crippen LogP contribution in [-0.4, -0.2) is 4.90 Å². The molecule has 6 rings (SSSR count). The fourth-order valence-electron chi connectivity index (χ4n) is 9.23. The minimum atomic E-state index is -0.0958. The van der Waals surface area contributed by atoms with Gasteiger partial charge in [0.1, 0.15) is 0 Å². The Kier molecular flexibility index (Phi) is 17.5. The number of fused-ring (bicyclic) bond motifs is 2. The zero-order valence-electron chi connectivity index (χ0n) is 38.9. The van der Waals surface area contributed by atoms with Gasteiger partial charge in [0.05, 0.1) is 0 Å². The summed E-state index contributed by atoms with van der Waals surface area (Å²) in [6.45, 7) is 21.7. The molecule has 0 N–H and O–H groups in total. The number of hydrogen-bond donors (Lipinski definition) is 0. The Morgan fingerprint density at radius 2 is 1.61 bits per heavy atom. The Hall–Kier alpha value is -6.44. The average molecular weight is 840 g/mol. The van der Waals surface area contributed by atoms with Gasteiger partial charge in [-0.05, 0) is 151 Å². The van der Waals surface area contributed by atoms with Gasteiger partial charge >= 0.3 is 0 Å². The molecule has 2 unspecified atom stereocenters. The van der Waals surface area contributed by atoms with E-state index in [2.05, 4.69) is 222 Å². The van der Waals surface area contributed by atoms with Gasteiger partial charge in [-0.15, -0.1) is 6.58 Å². The Balaban J connectivity index is 1.46. The summed E-state index contributed by atoms with van der Waals surface area (Å²) in [5, 5.41) is 0. The molecule has 2 aromatic carbocycles. The first kappa shape index (κ1) is 47.0. The molecule has 0 saturated heterocycles. The molecule has 4 aliphatic rings. The molecule has 0 saturated carbocycles. The predicted molar refractivity (Wildman–Crippen MR) is 281 cm³/mol. The summed E-state index contributed by atoms with van der Waals surface area (Å²) in [4.78, 5) is 2.43. The van der Waals surface area contributed by atoms with E-state index in [1.165, 1.54) is 61.4 Å². The topological polar surface area (TPSA) is 3.24 Å². The lowest BCUT2D eigenvalue weighted by Gasteiger charge is -2.32. The van der Waals surface area contributed by atoms with E-state index in [0.29, 0.717) is 0 Å². The maximum Gasteiger partial charge on any atom is 0.0452 e. The van der Waals surface area contributed by atoms with Gasteiger partial charge in [-0.1, -0.05) is 197 Å². The number of benzene rings is 2. The Bertz CT molecular complexity index is 2470. The molecule has 0 radical (unpaired) electrons. The lowest BCUT2D eigenvalue weighted by molar-refractivity contribution is 0.520. The Labute approximate surface area is 386 Å². The molecule has 0 aromatic heterocycles. The maximum absolute atomic E-state index is 4.51. The van der Waals surface area contributed by atoms with Crippen molar-refractivity contribution in [3.8, 4) is 0 Å². The highest BCUT2D eigenvalue weighted by atomic mass is 15.1. The second-order valence-electron chi connectivity index (χ2n) is 17.4. The lowest BCUT2D eigenvalue weighted by atomic mass is 9.79. The number of nitrogens with zero attached hydrogens (tertiary/aromatic N) is 1. The van der Waals surface area contributed by atoms with E-state index >= 15 is 0 Å². The third-order valence-corrected chi connectivity index (χ3v) is 12.9. The second-order valence-corrected chi connectivity index (χ2v) is 17.4. The molecular weight excluding hydrogens is 771 g/mol. The molecule has 2 atom stereocenters. The molecule has 4 aliphatic carbocycles. The molecule has 0 aliphatic heterocycles. The SMILES string of the molecule is C=C/C=C\C=C\C(C=C)C(/C=C/N(C1=CC2=C(CC1)c1ccccc1C2(C)C)/C(C=C)=C/C(=C/c1ccccc1)C1=CC=C(C2=CC=CCC2)CC1)C/C=C\C(=C/C)C/C=C\C=C/C. The third kappa shape index (κ3) is 12.2. The highest BCUT2D eigenvalue weighted by molar-refractivity contribution is 5.83. The van der Waals surface area contributed by atoms with Crippen LogP contribution < -0.4 is 0 Å². The van der Waals surface area contributed by atoms with Crippen LogP contribution in [0, 0.1) is 11.8 Å². The van der Waals surface area contributed by atoms with Crippen molar-refractivity contribution in [2.75, 3.05) is 0 Å². The minimum Gasteiger partial charge on any atom is -0.321 e. The maximum atomic E-state index is 4.51. The smallest absolute Gasteiger partial charge is 0.0452 e. The van der Waals surface area contributed by atoms with Crippen LogP contribution in [0.3, 0.4) is 0 Å². The fraction of sp³-hybridized carbons (Fsp3) is 0.238. The molecule has 326 valence electrons. The third-order valence-electron chi connectivity index (χ3n) is 12.9. The summed E-state index contributed by atoms with van der Waals surface area (Å²) >= 11 is 0. The Morgan fingerprint density at radius 3 is 2.33 bits per heavy atom. The zero-order chi connectivity index (χ0) is 45.2. The normalized spacial score (nSPS) is 19.0. The lowest BCUT2D eigenvalue weighted by Crippen LogP contribution is -2.22. The fourth-order valence-corrected chi connectivity index (χ4v) is 9.23. The van der Waals surface area contributed by atoms with Gasteiger partial charge in [-0.2, -0.15) is 0 Å². The largest absolute Gasteiger partial charge is 0.321 e. The summed E-state index contributed by atoms with van der Waals surface area (Å²) in [7, 11) is 0. The zero-order valence-corrected chi connectivity index (χ0v) is 38.9. The second kappa shape index (κ2) is 23.9. The quantitative estimate of drug-likeness (QED) is 0.0948. The van der Waals surface area contributed by atoms with Crippen molar-refractivity contribution < 1.29 is 0 Å². The van der Waals surface area contributed by atoms with Gasteiger partial charge in [0.25, 0.3) is 0 Å². The van der Waals surface area contributed by atoms with E-state index in [9.17, 15) is 0 Å². The van der Waals surface area contributed by atoms with E-state index in [1.54, 1.807) is 0 Å². The van der Waals surface area contributed by atoms with Gasteiger partial charge in [0.2, 0.25) is 0 Å². The molecule has 2 aromatic rings. The van der Waals surface area contributed by atoms with Crippen LogP contribution in [0.4, 0.5) is 0 Å². The molecule has 0 amide bonds. The first-order chi connectivity index (χ1) is 31.3. The number of hydrogen-bond acceptors (Lipinski definition) is 1. The van der Waals surface area contributed by atoms with Crippen LogP contribution in [-0.2, 0) is 5.41 Å². The van der Waals surface area contributed by atoms with E-state index in [1.807, 2.05) is 31.2 Å². The van der Waals surface area contributed by atoms with Crippen molar-refractivity contribution in [1.82, 2.24) is 4.90 Å². The van der Waals surface area contributed by atoms with E-state index in [0.717, 1.165) is 57.1 Å². The van der Waals surface area contributed by atoms with E-state index in [4.69, 9.17) is 0 Å². The summed E-state index contributed by atoms with van der Waals surface area (Å²) in [6.07, 6.45) is 61.0. The monoisotopic (exact) mass is 840 g/mol. The van der Waals surface area contributed by atoms with Crippen LogP contribution in [0.5, 0.6) is 0 Å². The first-order valence-electron chi connectivity index (χ1n) is 23.4. The molecule has 1 nitrogen and oxygen atoms in total. The summed E-state index contributed by atoms with van der Waals surface area (Å²) in [5.74, 6) is 0.248. The standard InChI is InChI=1S/C63H69N/c1-8-13-15-19-28-49(10-3)31-27-35-53(51(11-4)32-22-16-14-9-2)44-45-64(58-42-43-60-59-36-25-26-37-61(59)63(6,7)62(60)48-58)57(12-5)47-56(46-50-29-20-17-21-30-50)55-40-38-54(39-41-55)52-33-23-18-24-34-52/h8-23,25-27,29-33,36-38,40,44-48,51,53H,2,4-5,24,28,34-35,39,41-43H2,1,3,6-7H3/b13-8-,16-14-,19-15-,31-27-,32-22+,45-44+,49-10-,56-46-,57-47+. The van der Waals surface area contributed by atoms with Crippen molar-refractivity contribution in [1.29, 1.82) is 0 Å². The number of rotatable bonds is 20. The summed E-state index contributed by atoms with van der Waals surface area (Å²) in [6, 6.07) is 19.7. The highest BCUT2D eigenvalue weighted by Gasteiger charge is 2.38. The van der Waals surface area contributed by atoms with Crippen molar-refractivity contribution in [2.24, 2.45) is 11.8 Å². The van der Waals surface area contributed by atoms with Gasteiger partial charge in [0.15, 0.2) is 0 Å². The molecule has 1 heteroatoms. The van der Waals surface area contributed by atoms with Gasteiger partial charge < -0.3 is 4.90 Å². The van der Waals surface area contributed by atoms with Crippen LogP contribution >= 0.6 is 0 Å². The van der Waals surface area contributed by atoms with Crippen LogP contribution in [0.1, 0.15) is 95.8 Å². The van der Waals surface area contributed by atoms with Crippen molar-refractivity contribution in [2.45, 2.75) is 84.5 Å². The Morgan fingerprint density at radius 1 is 0.797 bits per heavy atom. The predicted octanol–water partition coefficient (Wildman–Crippen LogP) is 17.4.